The fraction of sp³-hybridized carbons (Fsp3) is 0.857. The van der Waals surface area contributed by atoms with Crippen molar-refractivity contribution in [1.82, 2.24) is 0 Å². The van der Waals surface area contributed by atoms with E-state index < -0.39 is 32.0 Å². The molecule has 1 saturated heterocycles. The molecule has 25 heavy (non-hydrogen) atoms. The van der Waals surface area contributed by atoms with E-state index in [1.165, 1.54) is 13.8 Å². The van der Waals surface area contributed by atoms with Gasteiger partial charge >= 0.3 is 19.8 Å². The first-order valence-corrected chi connectivity index (χ1v) is 9.31. The van der Waals surface area contributed by atoms with Gasteiger partial charge in [0.25, 0.3) is 0 Å². The lowest BCUT2D eigenvalue weighted by Gasteiger charge is -2.22. The molecule has 1 heterocycles. The maximum Gasteiger partial charge on any atom is 0.474 e. The highest BCUT2D eigenvalue weighted by Gasteiger charge is 2.32. The van der Waals surface area contributed by atoms with Crippen molar-refractivity contribution in [3.63, 3.8) is 0 Å². The van der Waals surface area contributed by atoms with Gasteiger partial charge < -0.3 is 18.9 Å². The molecule has 0 spiro atoms. The number of carbonyl (C=O) groups excluding carboxylic acids is 2. The van der Waals surface area contributed by atoms with Gasteiger partial charge in [0, 0.05) is 13.8 Å². The largest absolute Gasteiger partial charge is 0.474 e. The summed E-state index contributed by atoms with van der Waals surface area (Å²) in [7, 11) is -3.90. The van der Waals surface area contributed by atoms with Crippen LogP contribution in [0.4, 0.5) is 0 Å². The minimum atomic E-state index is -3.90. The molecule has 1 aliphatic heterocycles. The Bertz CT molecular complexity index is 482. The third-order valence-corrected chi connectivity index (χ3v) is 4.34. The third-order valence-electron chi connectivity index (χ3n) is 2.83. The van der Waals surface area contributed by atoms with E-state index in [1.54, 1.807) is 13.8 Å². The Hall–Kier alpha value is -1.03. The third kappa shape index (κ3) is 9.29. The lowest BCUT2D eigenvalue weighted by Crippen LogP contribution is -2.28. The van der Waals surface area contributed by atoms with Crippen molar-refractivity contribution in [3.8, 4) is 0 Å². The van der Waals surface area contributed by atoms with Gasteiger partial charge in [0.05, 0.1) is 26.4 Å². The minimum Gasteiger partial charge on any atom is -0.462 e. The second-order valence-electron chi connectivity index (χ2n) is 5.15. The molecule has 10 nitrogen and oxygen atoms in total. The van der Waals surface area contributed by atoms with E-state index in [9.17, 15) is 14.2 Å². The van der Waals surface area contributed by atoms with Crippen molar-refractivity contribution in [2.75, 3.05) is 33.0 Å². The van der Waals surface area contributed by atoms with Gasteiger partial charge in [0.1, 0.15) is 12.7 Å². The normalized spacial score (nSPS) is 23.7. The smallest absolute Gasteiger partial charge is 0.462 e. The zero-order valence-corrected chi connectivity index (χ0v) is 15.7. The highest BCUT2D eigenvalue weighted by atomic mass is 31.2. The first kappa shape index (κ1) is 22.0. The predicted molar refractivity (Wildman–Crippen MR) is 83.6 cm³/mol. The van der Waals surface area contributed by atoms with Gasteiger partial charge in [-0.3, -0.25) is 23.2 Å². The second kappa shape index (κ2) is 10.8. The quantitative estimate of drug-likeness (QED) is 0.382. The van der Waals surface area contributed by atoms with E-state index >= 15 is 0 Å². The monoisotopic (exact) mass is 384 g/mol. The van der Waals surface area contributed by atoms with Gasteiger partial charge in [0.15, 0.2) is 12.4 Å². The van der Waals surface area contributed by atoms with Crippen LogP contribution >= 0.6 is 7.82 Å². The number of phosphoric ester groups is 1. The van der Waals surface area contributed by atoms with Gasteiger partial charge in [-0.2, -0.15) is 0 Å². The summed E-state index contributed by atoms with van der Waals surface area (Å²) >= 11 is 0. The highest BCUT2D eigenvalue weighted by molar-refractivity contribution is 7.48. The molecule has 0 saturated carbocycles. The summed E-state index contributed by atoms with van der Waals surface area (Å²) in [6.45, 7) is 5.52. The molecular formula is C14H25O10P. The minimum absolute atomic E-state index is 0.0518. The van der Waals surface area contributed by atoms with E-state index in [2.05, 4.69) is 0 Å². The molecule has 0 bridgehead atoms. The molecule has 11 heteroatoms. The molecular weight excluding hydrogens is 359 g/mol. The average molecular weight is 384 g/mol. The summed E-state index contributed by atoms with van der Waals surface area (Å²) in [5.41, 5.74) is 0. The summed E-state index contributed by atoms with van der Waals surface area (Å²) in [5, 5.41) is 0. The van der Waals surface area contributed by atoms with Crippen LogP contribution in [0.2, 0.25) is 0 Å². The zero-order valence-electron chi connectivity index (χ0n) is 14.8. The molecule has 1 fully saturated rings. The van der Waals surface area contributed by atoms with Crippen molar-refractivity contribution in [2.45, 2.75) is 46.2 Å². The molecule has 0 aromatic heterocycles. The van der Waals surface area contributed by atoms with Gasteiger partial charge in [-0.05, 0) is 13.8 Å². The van der Waals surface area contributed by atoms with E-state index in [-0.39, 0.29) is 32.7 Å². The van der Waals surface area contributed by atoms with Gasteiger partial charge in [0.2, 0.25) is 0 Å². The summed E-state index contributed by atoms with van der Waals surface area (Å²) in [5.74, 6) is -1.15. The van der Waals surface area contributed by atoms with Gasteiger partial charge in [-0.25, -0.2) is 4.57 Å². The van der Waals surface area contributed by atoms with Crippen molar-refractivity contribution in [2.24, 2.45) is 0 Å². The molecule has 1 aliphatic rings. The number of ether oxygens (including phenoxy) is 4. The molecule has 0 amide bonds. The van der Waals surface area contributed by atoms with Gasteiger partial charge in [-0.15, -0.1) is 0 Å². The number of phosphoric acid groups is 1. The van der Waals surface area contributed by atoms with Crippen molar-refractivity contribution < 1.29 is 46.7 Å². The Kier molecular flexibility index (Phi) is 9.55. The number of esters is 2. The molecule has 0 aliphatic carbocycles. The Morgan fingerprint density at radius 2 is 1.88 bits per heavy atom. The average Bonchev–Trinajstić information content (AvgIpc) is 2.94. The summed E-state index contributed by atoms with van der Waals surface area (Å²) in [6, 6.07) is 0. The van der Waals surface area contributed by atoms with Crippen LogP contribution in [0.15, 0.2) is 0 Å². The maximum atomic E-state index is 12.6. The molecule has 0 radical (unpaired) electrons. The van der Waals surface area contributed by atoms with Crippen LogP contribution in [0.3, 0.4) is 0 Å². The summed E-state index contributed by atoms with van der Waals surface area (Å²) < 4.78 is 48.4. The van der Waals surface area contributed by atoms with Crippen molar-refractivity contribution in [3.05, 3.63) is 0 Å². The molecule has 3 unspecified atom stereocenters. The summed E-state index contributed by atoms with van der Waals surface area (Å²) in [6.07, 6.45) is -1.69. The van der Waals surface area contributed by atoms with Crippen molar-refractivity contribution in [1.29, 1.82) is 0 Å². The van der Waals surface area contributed by atoms with E-state index in [0.29, 0.717) is 6.61 Å². The van der Waals surface area contributed by atoms with Crippen LogP contribution < -0.4 is 0 Å². The lowest BCUT2D eigenvalue weighted by molar-refractivity contribution is -0.158. The predicted octanol–water partition coefficient (Wildman–Crippen LogP) is 1.42. The number of hydrogen-bond donors (Lipinski definition) is 0. The standard InChI is InChI=1S/C14H25O10P/c1-5-20-25(17,22-9-14-7-19-12(4)24-14)21-8-13(23-11(3)16)6-18-10(2)15/h12-14H,5-9H2,1-4H3/t12?,13-,14?,25?/m1/s1. The zero-order chi connectivity index (χ0) is 18.9. The van der Waals surface area contributed by atoms with E-state index in [1.807, 2.05) is 0 Å². The first-order valence-electron chi connectivity index (χ1n) is 7.85. The van der Waals surface area contributed by atoms with Crippen LogP contribution in [0.25, 0.3) is 0 Å². The van der Waals surface area contributed by atoms with Crippen LogP contribution in [0.1, 0.15) is 27.7 Å². The first-order chi connectivity index (χ1) is 11.7. The van der Waals surface area contributed by atoms with Crippen LogP contribution in [0.5, 0.6) is 0 Å². The fourth-order valence-corrected chi connectivity index (χ4v) is 3.10. The topological polar surface area (TPSA) is 116 Å². The van der Waals surface area contributed by atoms with Crippen LogP contribution in [-0.2, 0) is 46.7 Å². The molecule has 146 valence electrons. The number of rotatable bonds is 11. The Morgan fingerprint density at radius 3 is 2.40 bits per heavy atom. The fourth-order valence-electron chi connectivity index (χ4n) is 1.86. The Morgan fingerprint density at radius 1 is 1.16 bits per heavy atom. The van der Waals surface area contributed by atoms with E-state index in [0.717, 1.165) is 0 Å². The molecule has 0 aromatic rings. The Labute approximate surface area is 146 Å². The molecule has 0 aromatic carbocycles. The number of carbonyl (C=O) groups is 2. The SMILES string of the molecule is CCOP(=O)(OCC1COC(C)O1)OC[C@@H](COC(C)=O)OC(C)=O. The second-order valence-corrected chi connectivity index (χ2v) is 6.82. The van der Waals surface area contributed by atoms with Crippen LogP contribution in [0, 0.1) is 0 Å². The molecule has 4 atom stereocenters. The lowest BCUT2D eigenvalue weighted by atomic mass is 10.4. The molecule has 0 N–H and O–H groups in total. The Balaban J connectivity index is 2.55. The van der Waals surface area contributed by atoms with Crippen LogP contribution in [-0.4, -0.2) is 63.5 Å². The summed E-state index contributed by atoms with van der Waals surface area (Å²) in [4.78, 5) is 22.0. The maximum absolute atomic E-state index is 12.6. The van der Waals surface area contributed by atoms with Gasteiger partial charge in [-0.1, -0.05) is 0 Å². The molecule has 1 rings (SSSR count). The highest BCUT2D eigenvalue weighted by Crippen LogP contribution is 2.49. The number of hydrogen-bond acceptors (Lipinski definition) is 10. The van der Waals surface area contributed by atoms with Crippen molar-refractivity contribution >= 4 is 19.8 Å². The van der Waals surface area contributed by atoms with E-state index in [4.69, 9.17) is 32.5 Å².